The van der Waals surface area contributed by atoms with Gasteiger partial charge in [0.25, 0.3) is 5.69 Å². The third-order valence-corrected chi connectivity index (χ3v) is 3.13. The fourth-order valence-electron chi connectivity index (χ4n) is 1.44. The lowest BCUT2D eigenvalue weighted by Crippen LogP contribution is -1.96. The highest BCUT2D eigenvalue weighted by molar-refractivity contribution is 9.10. The van der Waals surface area contributed by atoms with E-state index in [0.717, 1.165) is 0 Å². The van der Waals surface area contributed by atoms with Gasteiger partial charge in [-0.1, -0.05) is 12.1 Å². The number of rotatable bonds is 4. The zero-order valence-electron chi connectivity index (χ0n) is 9.96. The van der Waals surface area contributed by atoms with Crippen LogP contribution in [0.3, 0.4) is 0 Å². The number of nitro groups is 1. The molecule has 0 spiro atoms. The zero-order chi connectivity index (χ0) is 13.8. The molecule has 0 aliphatic rings. The van der Waals surface area contributed by atoms with Crippen molar-refractivity contribution < 1.29 is 9.66 Å². The first-order valence-electron chi connectivity index (χ1n) is 5.37. The van der Waals surface area contributed by atoms with Crippen molar-refractivity contribution in [3.8, 4) is 11.6 Å². The Morgan fingerprint density at radius 2 is 2.05 bits per heavy atom. The molecule has 0 saturated heterocycles. The topological polar surface area (TPSA) is 77.3 Å². The lowest BCUT2D eigenvalue weighted by Gasteiger charge is -2.08. The highest BCUT2D eigenvalue weighted by atomic mass is 79.9. The van der Waals surface area contributed by atoms with E-state index in [1.807, 2.05) is 0 Å². The van der Waals surface area contributed by atoms with Gasteiger partial charge in [-0.3, -0.25) is 10.1 Å². The van der Waals surface area contributed by atoms with Crippen LogP contribution in [0.4, 0.5) is 11.5 Å². The number of pyridine rings is 1. The molecule has 0 bridgehead atoms. The second-order valence-electron chi connectivity index (χ2n) is 3.56. The monoisotopic (exact) mass is 323 g/mol. The normalized spacial score (nSPS) is 10.0. The predicted octanol–water partition coefficient (Wildman–Crippen LogP) is 3.59. The first kappa shape index (κ1) is 13.3. The summed E-state index contributed by atoms with van der Waals surface area (Å²) in [4.78, 5) is 14.5. The molecule has 0 radical (unpaired) electrons. The molecule has 0 unspecified atom stereocenters. The summed E-state index contributed by atoms with van der Waals surface area (Å²) in [7, 11) is 1.75. The molecule has 98 valence electrons. The first-order chi connectivity index (χ1) is 9.11. The van der Waals surface area contributed by atoms with E-state index >= 15 is 0 Å². The summed E-state index contributed by atoms with van der Waals surface area (Å²) in [6.07, 6.45) is 0. The van der Waals surface area contributed by atoms with Crippen LogP contribution >= 0.6 is 15.9 Å². The zero-order valence-corrected chi connectivity index (χ0v) is 11.5. The number of nitrogens with zero attached hydrogens (tertiary/aromatic N) is 2. The predicted molar refractivity (Wildman–Crippen MR) is 74.7 cm³/mol. The lowest BCUT2D eigenvalue weighted by molar-refractivity contribution is -0.385. The van der Waals surface area contributed by atoms with Gasteiger partial charge in [-0.25, -0.2) is 0 Å². The highest BCUT2D eigenvalue weighted by Gasteiger charge is 2.16. The Balaban J connectivity index is 2.33. The summed E-state index contributed by atoms with van der Waals surface area (Å²) in [6, 6.07) is 9.82. The molecule has 7 heteroatoms. The SMILES string of the molecule is CNc1cccc(Oc2cccc([N+](=O)[O-])c2Br)n1. The van der Waals surface area contributed by atoms with Crippen molar-refractivity contribution in [1.29, 1.82) is 0 Å². The third-order valence-electron chi connectivity index (χ3n) is 2.33. The Morgan fingerprint density at radius 1 is 1.32 bits per heavy atom. The van der Waals surface area contributed by atoms with E-state index in [9.17, 15) is 10.1 Å². The molecule has 0 fully saturated rings. The van der Waals surface area contributed by atoms with E-state index < -0.39 is 4.92 Å². The van der Waals surface area contributed by atoms with Crippen LogP contribution in [0.5, 0.6) is 11.6 Å². The van der Waals surface area contributed by atoms with Crippen LogP contribution in [0.15, 0.2) is 40.9 Å². The van der Waals surface area contributed by atoms with E-state index in [1.54, 1.807) is 37.4 Å². The summed E-state index contributed by atoms with van der Waals surface area (Å²) in [6.45, 7) is 0. The Bertz CT molecular complexity index is 619. The number of nitro benzene ring substituents is 1. The third kappa shape index (κ3) is 3.00. The van der Waals surface area contributed by atoms with Gasteiger partial charge >= 0.3 is 0 Å². The van der Waals surface area contributed by atoms with E-state index in [2.05, 4.69) is 26.2 Å². The fraction of sp³-hybridized carbons (Fsp3) is 0.0833. The minimum atomic E-state index is -0.478. The quantitative estimate of drug-likeness (QED) is 0.687. The van der Waals surface area contributed by atoms with Gasteiger partial charge in [-0.05, 0) is 28.1 Å². The van der Waals surface area contributed by atoms with Crippen molar-refractivity contribution in [2.45, 2.75) is 0 Å². The average Bonchev–Trinajstić information content (AvgIpc) is 2.41. The number of ether oxygens (including phenoxy) is 1. The van der Waals surface area contributed by atoms with Gasteiger partial charge in [0, 0.05) is 19.2 Å². The number of hydrogen-bond acceptors (Lipinski definition) is 5. The maximum absolute atomic E-state index is 10.8. The Kier molecular flexibility index (Phi) is 3.96. The number of aromatic nitrogens is 1. The van der Waals surface area contributed by atoms with Crippen molar-refractivity contribution >= 4 is 27.4 Å². The van der Waals surface area contributed by atoms with Gasteiger partial charge in [-0.2, -0.15) is 4.98 Å². The number of hydrogen-bond donors (Lipinski definition) is 1. The Morgan fingerprint density at radius 3 is 2.74 bits per heavy atom. The number of halogens is 1. The molecule has 0 saturated carbocycles. The molecule has 1 heterocycles. The van der Waals surface area contributed by atoms with Gasteiger partial charge in [0.2, 0.25) is 5.88 Å². The van der Waals surface area contributed by atoms with Crippen LogP contribution < -0.4 is 10.1 Å². The van der Waals surface area contributed by atoms with E-state index in [-0.39, 0.29) is 10.2 Å². The van der Waals surface area contributed by atoms with E-state index in [1.165, 1.54) is 6.07 Å². The second kappa shape index (κ2) is 5.66. The maximum Gasteiger partial charge on any atom is 0.287 e. The van der Waals surface area contributed by atoms with Gasteiger partial charge in [0.1, 0.15) is 10.3 Å². The van der Waals surface area contributed by atoms with Gasteiger partial charge < -0.3 is 10.1 Å². The second-order valence-corrected chi connectivity index (χ2v) is 4.35. The van der Waals surface area contributed by atoms with Crippen LogP contribution in [0.1, 0.15) is 0 Å². The smallest absolute Gasteiger partial charge is 0.287 e. The summed E-state index contributed by atoms with van der Waals surface area (Å²) in [5.74, 6) is 1.35. The molecule has 2 rings (SSSR count). The molecule has 1 aromatic carbocycles. The molecule has 0 atom stereocenters. The molecular weight excluding hydrogens is 314 g/mol. The van der Waals surface area contributed by atoms with Crippen molar-refractivity contribution in [2.75, 3.05) is 12.4 Å². The molecule has 6 nitrogen and oxygen atoms in total. The summed E-state index contributed by atoms with van der Waals surface area (Å²) in [5.41, 5.74) is -0.0535. The molecule has 19 heavy (non-hydrogen) atoms. The van der Waals surface area contributed by atoms with Crippen molar-refractivity contribution in [3.63, 3.8) is 0 Å². The molecule has 1 N–H and O–H groups in total. The number of anilines is 1. The summed E-state index contributed by atoms with van der Waals surface area (Å²) in [5, 5.41) is 13.7. The van der Waals surface area contributed by atoms with Crippen molar-refractivity contribution in [3.05, 3.63) is 51.0 Å². The molecule has 2 aromatic rings. The fourth-order valence-corrected chi connectivity index (χ4v) is 1.93. The van der Waals surface area contributed by atoms with Crippen LogP contribution in [-0.2, 0) is 0 Å². The number of nitrogens with one attached hydrogen (secondary N) is 1. The molecule has 0 amide bonds. The largest absolute Gasteiger partial charge is 0.438 e. The minimum absolute atomic E-state index is 0.0535. The molecule has 0 aliphatic carbocycles. The van der Waals surface area contributed by atoms with Crippen molar-refractivity contribution in [2.24, 2.45) is 0 Å². The minimum Gasteiger partial charge on any atom is -0.438 e. The van der Waals surface area contributed by atoms with Crippen LogP contribution in [0.2, 0.25) is 0 Å². The van der Waals surface area contributed by atoms with Crippen molar-refractivity contribution in [1.82, 2.24) is 4.98 Å². The first-order valence-corrected chi connectivity index (χ1v) is 6.16. The molecule has 0 aliphatic heterocycles. The summed E-state index contributed by atoms with van der Waals surface area (Å²) >= 11 is 3.16. The average molecular weight is 324 g/mol. The van der Waals surface area contributed by atoms with Gasteiger partial charge in [-0.15, -0.1) is 0 Å². The maximum atomic E-state index is 10.8. The van der Waals surface area contributed by atoms with Gasteiger partial charge in [0.05, 0.1) is 4.92 Å². The molecule has 1 aromatic heterocycles. The molecular formula is C12H10BrN3O3. The number of benzene rings is 1. The summed E-state index contributed by atoms with van der Waals surface area (Å²) < 4.78 is 5.83. The Hall–Kier alpha value is -2.15. The van der Waals surface area contributed by atoms with Gasteiger partial charge in [0.15, 0.2) is 5.75 Å². The van der Waals surface area contributed by atoms with Crippen LogP contribution in [0.25, 0.3) is 0 Å². The van der Waals surface area contributed by atoms with Crippen LogP contribution in [-0.4, -0.2) is 17.0 Å². The lowest BCUT2D eigenvalue weighted by atomic mass is 10.3. The highest BCUT2D eigenvalue weighted by Crippen LogP contribution is 2.36. The standard InChI is InChI=1S/C12H10BrN3O3/c1-14-10-6-3-7-11(15-10)19-9-5-2-4-8(12(9)13)16(17)18/h2-7H,1H3,(H,14,15). The Labute approximate surface area is 117 Å². The van der Waals surface area contributed by atoms with E-state index in [4.69, 9.17) is 4.74 Å². The van der Waals surface area contributed by atoms with E-state index in [0.29, 0.717) is 17.4 Å². The van der Waals surface area contributed by atoms with Crippen LogP contribution in [0, 0.1) is 10.1 Å².